The van der Waals surface area contributed by atoms with E-state index in [2.05, 4.69) is 10.3 Å². The van der Waals surface area contributed by atoms with E-state index in [-0.39, 0.29) is 18.1 Å². The van der Waals surface area contributed by atoms with Gasteiger partial charge < -0.3 is 10.1 Å². The summed E-state index contributed by atoms with van der Waals surface area (Å²) in [5, 5.41) is 3.36. The Labute approximate surface area is 149 Å². The molecular weight excluding hydrogens is 339 g/mol. The van der Waals surface area contributed by atoms with Gasteiger partial charge in [0.1, 0.15) is 11.6 Å². The van der Waals surface area contributed by atoms with Crippen LogP contribution in [0.2, 0.25) is 0 Å². The molecule has 1 amide bonds. The van der Waals surface area contributed by atoms with Crippen molar-refractivity contribution in [1.82, 2.24) is 4.98 Å². The molecule has 25 heavy (non-hydrogen) atoms. The highest BCUT2D eigenvalue weighted by Gasteiger charge is 2.13. The van der Waals surface area contributed by atoms with Gasteiger partial charge in [0.25, 0.3) is 0 Å². The van der Waals surface area contributed by atoms with Crippen LogP contribution in [0.1, 0.15) is 10.4 Å². The van der Waals surface area contributed by atoms with Gasteiger partial charge in [0, 0.05) is 10.4 Å². The van der Waals surface area contributed by atoms with Crippen molar-refractivity contribution in [2.75, 3.05) is 12.4 Å². The molecule has 1 aromatic heterocycles. The van der Waals surface area contributed by atoms with E-state index in [1.54, 1.807) is 19.2 Å². The SMILES string of the molecule is COc1cccc(CC(=O)Nc2nc(-c3ccc(F)cc3)c(C)s2)c1. The Morgan fingerprint density at radius 2 is 2.00 bits per heavy atom. The lowest BCUT2D eigenvalue weighted by Crippen LogP contribution is -2.14. The summed E-state index contributed by atoms with van der Waals surface area (Å²) in [6, 6.07) is 13.5. The number of hydrogen-bond acceptors (Lipinski definition) is 4. The number of methoxy groups -OCH3 is 1. The molecule has 0 unspecified atom stereocenters. The Bertz CT molecular complexity index is 891. The lowest BCUT2D eigenvalue weighted by Gasteiger charge is -2.04. The van der Waals surface area contributed by atoms with Gasteiger partial charge in [0.2, 0.25) is 5.91 Å². The second-order valence-corrected chi connectivity index (χ2v) is 6.71. The van der Waals surface area contributed by atoms with Crippen molar-refractivity contribution in [2.24, 2.45) is 0 Å². The number of nitrogens with one attached hydrogen (secondary N) is 1. The quantitative estimate of drug-likeness (QED) is 0.735. The van der Waals surface area contributed by atoms with Gasteiger partial charge >= 0.3 is 0 Å². The van der Waals surface area contributed by atoms with Crippen molar-refractivity contribution in [3.8, 4) is 17.0 Å². The summed E-state index contributed by atoms with van der Waals surface area (Å²) in [7, 11) is 1.59. The largest absolute Gasteiger partial charge is 0.497 e. The minimum atomic E-state index is -0.288. The van der Waals surface area contributed by atoms with Gasteiger partial charge in [0.15, 0.2) is 5.13 Å². The Kier molecular flexibility index (Phi) is 5.09. The predicted molar refractivity (Wildman–Crippen MR) is 97.6 cm³/mol. The fraction of sp³-hybridized carbons (Fsp3) is 0.158. The van der Waals surface area contributed by atoms with Crippen LogP contribution in [0.4, 0.5) is 9.52 Å². The van der Waals surface area contributed by atoms with Crippen molar-refractivity contribution in [1.29, 1.82) is 0 Å². The molecule has 128 valence electrons. The van der Waals surface area contributed by atoms with E-state index in [1.165, 1.54) is 23.5 Å². The number of amides is 1. The predicted octanol–water partition coefficient (Wildman–Crippen LogP) is 4.45. The lowest BCUT2D eigenvalue weighted by molar-refractivity contribution is -0.115. The zero-order chi connectivity index (χ0) is 17.8. The molecule has 3 aromatic rings. The molecule has 0 aliphatic heterocycles. The van der Waals surface area contributed by atoms with Gasteiger partial charge in [-0.3, -0.25) is 4.79 Å². The van der Waals surface area contributed by atoms with Gasteiger partial charge in [-0.25, -0.2) is 9.37 Å². The number of hydrogen-bond donors (Lipinski definition) is 1. The van der Waals surface area contributed by atoms with Crippen molar-refractivity contribution in [2.45, 2.75) is 13.3 Å². The maximum Gasteiger partial charge on any atom is 0.230 e. The first-order valence-corrected chi connectivity index (χ1v) is 8.53. The van der Waals surface area contributed by atoms with Gasteiger partial charge in [0.05, 0.1) is 19.2 Å². The molecule has 0 spiro atoms. The summed E-state index contributed by atoms with van der Waals surface area (Å²) in [5.41, 5.74) is 2.44. The Balaban J connectivity index is 1.71. The van der Waals surface area contributed by atoms with E-state index in [1.807, 2.05) is 31.2 Å². The van der Waals surface area contributed by atoms with Gasteiger partial charge in [-0.1, -0.05) is 12.1 Å². The van der Waals surface area contributed by atoms with E-state index < -0.39 is 0 Å². The van der Waals surface area contributed by atoms with E-state index in [0.717, 1.165) is 21.7 Å². The monoisotopic (exact) mass is 356 g/mol. The molecule has 0 aliphatic carbocycles. The third kappa shape index (κ3) is 4.22. The van der Waals surface area contributed by atoms with Crippen LogP contribution in [0.25, 0.3) is 11.3 Å². The number of halogens is 1. The average Bonchev–Trinajstić information content (AvgIpc) is 2.95. The molecule has 0 bridgehead atoms. The molecule has 6 heteroatoms. The fourth-order valence-electron chi connectivity index (χ4n) is 2.46. The van der Waals surface area contributed by atoms with Crippen molar-refractivity contribution < 1.29 is 13.9 Å². The molecule has 0 radical (unpaired) electrons. The molecule has 0 fully saturated rings. The zero-order valence-electron chi connectivity index (χ0n) is 13.9. The number of carbonyl (C=O) groups excluding carboxylic acids is 1. The van der Waals surface area contributed by atoms with Crippen molar-refractivity contribution in [3.05, 3.63) is 64.8 Å². The van der Waals surface area contributed by atoms with E-state index in [0.29, 0.717) is 10.9 Å². The number of aromatic nitrogens is 1. The number of benzene rings is 2. The third-order valence-corrected chi connectivity index (χ3v) is 4.55. The zero-order valence-corrected chi connectivity index (χ0v) is 14.7. The molecule has 0 saturated carbocycles. The Morgan fingerprint density at radius 1 is 1.24 bits per heavy atom. The molecule has 1 N–H and O–H groups in total. The molecule has 1 heterocycles. The van der Waals surface area contributed by atoms with Crippen LogP contribution in [-0.4, -0.2) is 18.0 Å². The van der Waals surface area contributed by atoms with Crippen LogP contribution < -0.4 is 10.1 Å². The van der Waals surface area contributed by atoms with Gasteiger partial charge in [-0.15, -0.1) is 11.3 Å². The van der Waals surface area contributed by atoms with E-state index in [9.17, 15) is 9.18 Å². The number of ether oxygens (including phenoxy) is 1. The van der Waals surface area contributed by atoms with Crippen LogP contribution >= 0.6 is 11.3 Å². The summed E-state index contributed by atoms with van der Waals surface area (Å²) in [4.78, 5) is 17.7. The second-order valence-electron chi connectivity index (χ2n) is 5.51. The summed E-state index contributed by atoms with van der Waals surface area (Å²) in [6.07, 6.45) is 0.238. The number of anilines is 1. The summed E-state index contributed by atoms with van der Waals surface area (Å²) in [6.45, 7) is 1.92. The Morgan fingerprint density at radius 3 is 2.72 bits per heavy atom. The van der Waals surface area contributed by atoms with Gasteiger partial charge in [-0.2, -0.15) is 0 Å². The maximum atomic E-state index is 13.1. The van der Waals surface area contributed by atoms with E-state index in [4.69, 9.17) is 4.74 Å². The topological polar surface area (TPSA) is 51.2 Å². The molecule has 0 saturated heterocycles. The minimum absolute atomic E-state index is 0.146. The molecule has 2 aromatic carbocycles. The number of thiazole rings is 1. The number of rotatable bonds is 5. The fourth-order valence-corrected chi connectivity index (χ4v) is 3.31. The second kappa shape index (κ2) is 7.44. The first-order chi connectivity index (χ1) is 12.0. The van der Waals surface area contributed by atoms with E-state index >= 15 is 0 Å². The van der Waals surface area contributed by atoms with Crippen LogP contribution in [0.3, 0.4) is 0 Å². The smallest absolute Gasteiger partial charge is 0.230 e. The highest BCUT2D eigenvalue weighted by molar-refractivity contribution is 7.16. The molecule has 3 rings (SSSR count). The molecular formula is C19H17FN2O2S. The minimum Gasteiger partial charge on any atom is -0.497 e. The van der Waals surface area contributed by atoms with Gasteiger partial charge in [-0.05, 0) is 48.9 Å². The summed E-state index contributed by atoms with van der Waals surface area (Å²) in [5.74, 6) is 0.282. The highest BCUT2D eigenvalue weighted by Crippen LogP contribution is 2.30. The van der Waals surface area contributed by atoms with Crippen LogP contribution in [-0.2, 0) is 11.2 Å². The summed E-state index contributed by atoms with van der Waals surface area (Å²) >= 11 is 1.40. The Hall–Kier alpha value is -2.73. The standard InChI is InChI=1S/C19H17FN2O2S/c1-12-18(14-6-8-15(20)9-7-14)22-19(25-12)21-17(23)11-13-4-3-5-16(10-13)24-2/h3-10H,11H2,1-2H3,(H,21,22,23). The first-order valence-electron chi connectivity index (χ1n) is 7.71. The van der Waals surface area contributed by atoms with Crippen LogP contribution in [0.15, 0.2) is 48.5 Å². The lowest BCUT2D eigenvalue weighted by atomic mass is 10.1. The average molecular weight is 356 g/mol. The number of carbonyl (C=O) groups is 1. The summed E-state index contributed by atoms with van der Waals surface area (Å²) < 4.78 is 18.2. The van der Waals surface area contributed by atoms with Crippen molar-refractivity contribution >= 4 is 22.4 Å². The molecule has 0 atom stereocenters. The normalized spacial score (nSPS) is 10.5. The first kappa shape index (κ1) is 17.1. The maximum absolute atomic E-state index is 13.1. The number of aryl methyl sites for hydroxylation is 1. The highest BCUT2D eigenvalue weighted by atomic mass is 32.1. The number of nitrogens with zero attached hydrogens (tertiary/aromatic N) is 1. The molecule has 0 aliphatic rings. The van der Waals surface area contributed by atoms with Crippen molar-refractivity contribution in [3.63, 3.8) is 0 Å². The molecule has 4 nitrogen and oxygen atoms in total. The van der Waals surface area contributed by atoms with Crippen LogP contribution in [0, 0.1) is 12.7 Å². The third-order valence-electron chi connectivity index (χ3n) is 3.66. The van der Waals surface area contributed by atoms with Crippen LogP contribution in [0.5, 0.6) is 5.75 Å².